The summed E-state index contributed by atoms with van der Waals surface area (Å²) in [6.45, 7) is 6.83. The SMILES string of the molecule is Cc1nn(CC(C)C)c(Cl)c1C=CC(=O)Nc1ccncc1. The van der Waals surface area contributed by atoms with Crippen molar-refractivity contribution in [1.82, 2.24) is 14.8 Å². The Balaban J connectivity index is 2.09. The molecule has 0 aliphatic rings. The second-order valence-corrected chi connectivity index (χ2v) is 5.78. The molecule has 0 radical (unpaired) electrons. The average molecular weight is 319 g/mol. The number of nitrogens with zero attached hydrogens (tertiary/aromatic N) is 3. The van der Waals surface area contributed by atoms with E-state index in [4.69, 9.17) is 11.6 Å². The molecular weight excluding hydrogens is 300 g/mol. The Kier molecular flexibility index (Phi) is 5.33. The molecule has 0 atom stereocenters. The number of aromatic nitrogens is 3. The van der Waals surface area contributed by atoms with E-state index in [1.54, 1.807) is 35.3 Å². The zero-order valence-corrected chi connectivity index (χ0v) is 13.6. The van der Waals surface area contributed by atoms with Crippen LogP contribution < -0.4 is 5.32 Å². The van der Waals surface area contributed by atoms with Gasteiger partial charge in [-0.1, -0.05) is 25.4 Å². The lowest BCUT2D eigenvalue weighted by atomic mass is 10.2. The number of hydrogen-bond donors (Lipinski definition) is 1. The lowest BCUT2D eigenvalue weighted by molar-refractivity contribution is -0.111. The van der Waals surface area contributed by atoms with Gasteiger partial charge in [-0.25, -0.2) is 0 Å². The maximum absolute atomic E-state index is 11.9. The number of carbonyl (C=O) groups excluding carboxylic acids is 1. The summed E-state index contributed by atoms with van der Waals surface area (Å²) < 4.78 is 1.77. The highest BCUT2D eigenvalue weighted by Gasteiger charge is 2.12. The van der Waals surface area contributed by atoms with Crippen LogP contribution in [0.15, 0.2) is 30.6 Å². The molecule has 0 spiro atoms. The molecule has 0 aliphatic heterocycles. The standard InChI is InChI=1S/C16H19ClN4O/c1-11(2)10-21-16(17)14(12(3)20-21)4-5-15(22)19-13-6-8-18-9-7-13/h4-9,11H,10H2,1-3H3,(H,18,19,22). The number of hydrogen-bond acceptors (Lipinski definition) is 3. The lowest BCUT2D eigenvalue weighted by Gasteiger charge is -2.05. The van der Waals surface area contributed by atoms with Gasteiger partial charge in [0.25, 0.3) is 0 Å². The number of amides is 1. The van der Waals surface area contributed by atoms with Crippen LogP contribution in [0.1, 0.15) is 25.1 Å². The molecule has 2 heterocycles. The predicted octanol–water partition coefficient (Wildman–Crippen LogP) is 3.55. The first kappa shape index (κ1) is 16.2. The molecule has 1 amide bonds. The van der Waals surface area contributed by atoms with E-state index in [9.17, 15) is 4.79 Å². The Labute approximate surface area is 135 Å². The van der Waals surface area contributed by atoms with Gasteiger partial charge in [-0.2, -0.15) is 5.10 Å². The van der Waals surface area contributed by atoms with E-state index in [-0.39, 0.29) is 5.91 Å². The van der Waals surface area contributed by atoms with Gasteiger partial charge in [-0.3, -0.25) is 14.5 Å². The summed E-state index contributed by atoms with van der Waals surface area (Å²) in [5.74, 6) is 0.224. The maximum atomic E-state index is 11.9. The second-order valence-electron chi connectivity index (χ2n) is 5.42. The Hall–Kier alpha value is -2.14. The van der Waals surface area contributed by atoms with Gasteiger partial charge in [-0.15, -0.1) is 0 Å². The van der Waals surface area contributed by atoms with Crippen LogP contribution in [0.2, 0.25) is 5.15 Å². The molecule has 2 rings (SSSR count). The van der Waals surface area contributed by atoms with Gasteiger partial charge in [0.1, 0.15) is 5.15 Å². The molecule has 2 aromatic heterocycles. The van der Waals surface area contributed by atoms with Crippen LogP contribution in [0, 0.1) is 12.8 Å². The van der Waals surface area contributed by atoms with Crippen molar-refractivity contribution in [2.75, 3.05) is 5.32 Å². The predicted molar refractivity (Wildman–Crippen MR) is 88.7 cm³/mol. The van der Waals surface area contributed by atoms with Gasteiger partial charge in [0.2, 0.25) is 5.91 Å². The van der Waals surface area contributed by atoms with E-state index in [1.165, 1.54) is 6.08 Å². The minimum absolute atomic E-state index is 0.224. The molecule has 0 bridgehead atoms. The van der Waals surface area contributed by atoms with Gasteiger partial charge >= 0.3 is 0 Å². The minimum Gasteiger partial charge on any atom is -0.322 e. The number of nitrogens with one attached hydrogen (secondary N) is 1. The van der Waals surface area contributed by atoms with Gasteiger partial charge in [0.05, 0.1) is 5.69 Å². The summed E-state index contributed by atoms with van der Waals surface area (Å²) in [5, 5.41) is 7.71. The fraction of sp³-hybridized carbons (Fsp3) is 0.312. The molecular formula is C16H19ClN4O. The van der Waals surface area contributed by atoms with Crippen molar-refractivity contribution in [3.05, 3.63) is 47.0 Å². The molecule has 0 aromatic carbocycles. The van der Waals surface area contributed by atoms with Crippen molar-refractivity contribution >= 4 is 29.3 Å². The largest absolute Gasteiger partial charge is 0.322 e. The second kappa shape index (κ2) is 7.22. The number of carbonyl (C=O) groups is 1. The third kappa shape index (κ3) is 4.18. The Morgan fingerprint density at radius 1 is 1.41 bits per heavy atom. The van der Waals surface area contributed by atoms with E-state index in [0.717, 1.165) is 17.8 Å². The summed E-state index contributed by atoms with van der Waals surface area (Å²) in [6, 6.07) is 3.45. The Morgan fingerprint density at radius 3 is 2.73 bits per heavy atom. The van der Waals surface area contributed by atoms with Gasteiger partial charge in [0, 0.05) is 36.3 Å². The first-order chi connectivity index (χ1) is 10.5. The van der Waals surface area contributed by atoms with Gasteiger partial charge in [-0.05, 0) is 31.1 Å². The number of pyridine rings is 1. The Morgan fingerprint density at radius 2 is 2.09 bits per heavy atom. The topological polar surface area (TPSA) is 59.8 Å². The number of aryl methyl sites for hydroxylation is 1. The molecule has 0 saturated carbocycles. The Bertz CT molecular complexity index is 677. The smallest absolute Gasteiger partial charge is 0.248 e. The van der Waals surface area contributed by atoms with Gasteiger partial charge < -0.3 is 5.32 Å². The molecule has 116 valence electrons. The lowest BCUT2D eigenvalue weighted by Crippen LogP contribution is -2.07. The fourth-order valence-corrected chi connectivity index (χ4v) is 2.31. The molecule has 1 N–H and O–H groups in total. The third-order valence-electron chi connectivity index (χ3n) is 3.00. The number of rotatable bonds is 5. The first-order valence-electron chi connectivity index (χ1n) is 7.09. The summed E-state index contributed by atoms with van der Waals surface area (Å²) >= 11 is 6.33. The molecule has 2 aromatic rings. The average Bonchev–Trinajstić information content (AvgIpc) is 2.72. The van der Waals surface area contributed by atoms with Crippen LogP contribution in [0.25, 0.3) is 6.08 Å². The van der Waals surface area contributed by atoms with E-state index >= 15 is 0 Å². The van der Waals surface area contributed by atoms with Crippen LogP contribution >= 0.6 is 11.6 Å². The monoisotopic (exact) mass is 318 g/mol. The van der Waals surface area contributed by atoms with Crippen LogP contribution in [-0.2, 0) is 11.3 Å². The highest BCUT2D eigenvalue weighted by atomic mass is 35.5. The normalized spacial score (nSPS) is 11.3. The van der Waals surface area contributed by atoms with Crippen molar-refractivity contribution in [2.45, 2.75) is 27.3 Å². The molecule has 0 aliphatic carbocycles. The van der Waals surface area contributed by atoms with E-state index in [1.807, 2.05) is 6.92 Å². The quantitative estimate of drug-likeness (QED) is 0.858. The van der Waals surface area contributed by atoms with Crippen LogP contribution in [0.5, 0.6) is 0 Å². The summed E-state index contributed by atoms with van der Waals surface area (Å²) in [7, 11) is 0. The first-order valence-corrected chi connectivity index (χ1v) is 7.47. The molecule has 22 heavy (non-hydrogen) atoms. The highest BCUT2D eigenvalue weighted by Crippen LogP contribution is 2.22. The summed E-state index contributed by atoms with van der Waals surface area (Å²) in [6.07, 6.45) is 6.39. The minimum atomic E-state index is -0.224. The number of anilines is 1. The zero-order chi connectivity index (χ0) is 16.1. The van der Waals surface area contributed by atoms with E-state index in [0.29, 0.717) is 16.8 Å². The third-order valence-corrected chi connectivity index (χ3v) is 3.40. The maximum Gasteiger partial charge on any atom is 0.248 e. The number of halogens is 1. The molecule has 0 saturated heterocycles. The van der Waals surface area contributed by atoms with Crippen LogP contribution in [0.4, 0.5) is 5.69 Å². The molecule has 0 fully saturated rings. The van der Waals surface area contributed by atoms with E-state index < -0.39 is 0 Å². The molecule has 0 unspecified atom stereocenters. The van der Waals surface area contributed by atoms with Gasteiger partial charge in [0.15, 0.2) is 0 Å². The highest BCUT2D eigenvalue weighted by molar-refractivity contribution is 6.31. The summed E-state index contributed by atoms with van der Waals surface area (Å²) in [4.78, 5) is 15.8. The van der Waals surface area contributed by atoms with Crippen LogP contribution in [-0.4, -0.2) is 20.7 Å². The van der Waals surface area contributed by atoms with Crippen molar-refractivity contribution in [3.63, 3.8) is 0 Å². The van der Waals surface area contributed by atoms with Crippen molar-refractivity contribution in [3.8, 4) is 0 Å². The summed E-state index contributed by atoms with van der Waals surface area (Å²) in [5.41, 5.74) is 2.27. The van der Waals surface area contributed by atoms with Crippen molar-refractivity contribution in [1.29, 1.82) is 0 Å². The molecule has 6 heteroatoms. The van der Waals surface area contributed by atoms with Crippen molar-refractivity contribution < 1.29 is 4.79 Å². The van der Waals surface area contributed by atoms with E-state index in [2.05, 4.69) is 29.2 Å². The fourth-order valence-electron chi connectivity index (χ4n) is 2.00. The molecule has 5 nitrogen and oxygen atoms in total. The zero-order valence-electron chi connectivity index (χ0n) is 12.9. The van der Waals surface area contributed by atoms with Crippen molar-refractivity contribution in [2.24, 2.45) is 5.92 Å². The van der Waals surface area contributed by atoms with Crippen LogP contribution in [0.3, 0.4) is 0 Å².